The van der Waals surface area contributed by atoms with E-state index >= 15 is 0 Å². The zero-order valence-corrected chi connectivity index (χ0v) is 15.5. The SMILES string of the molecule is CN1CC[C@]2(CCN(C(=O)Nc3ccc(Oc4ccc(F)cc4)cc3)C2)C1. The fraction of sp³-hybridized carbons (Fsp3) is 0.381. The lowest BCUT2D eigenvalue weighted by atomic mass is 9.86. The van der Waals surface area contributed by atoms with Crippen molar-refractivity contribution in [2.45, 2.75) is 12.8 Å². The third-order valence-corrected chi connectivity index (χ3v) is 5.51. The smallest absolute Gasteiger partial charge is 0.321 e. The highest BCUT2D eigenvalue weighted by molar-refractivity contribution is 5.89. The van der Waals surface area contributed by atoms with Gasteiger partial charge in [0.25, 0.3) is 0 Å². The number of benzene rings is 2. The van der Waals surface area contributed by atoms with Crippen LogP contribution in [-0.4, -0.2) is 49.1 Å². The molecule has 1 N–H and O–H groups in total. The standard InChI is InChI=1S/C21H24FN3O2/c1-24-12-10-21(14-24)11-13-25(15-21)20(26)23-17-4-8-19(9-5-17)27-18-6-2-16(22)3-7-18/h2-9H,10-15H2,1H3,(H,23,26)/t21-/m0/s1. The molecule has 2 aliphatic rings. The molecule has 2 amide bonds. The van der Waals surface area contributed by atoms with Crippen LogP contribution in [0.3, 0.4) is 0 Å². The van der Waals surface area contributed by atoms with Crippen LogP contribution in [0, 0.1) is 11.2 Å². The molecule has 5 nitrogen and oxygen atoms in total. The Hall–Kier alpha value is -2.60. The minimum atomic E-state index is -0.298. The van der Waals surface area contributed by atoms with E-state index in [9.17, 15) is 9.18 Å². The van der Waals surface area contributed by atoms with E-state index in [0.29, 0.717) is 11.5 Å². The Morgan fingerprint density at radius 2 is 1.63 bits per heavy atom. The van der Waals surface area contributed by atoms with E-state index in [1.807, 2.05) is 17.0 Å². The van der Waals surface area contributed by atoms with Gasteiger partial charge in [-0.2, -0.15) is 0 Å². The largest absolute Gasteiger partial charge is 0.457 e. The molecule has 0 aromatic heterocycles. The second-order valence-corrected chi connectivity index (χ2v) is 7.67. The van der Waals surface area contributed by atoms with Gasteiger partial charge in [-0.15, -0.1) is 0 Å². The Morgan fingerprint density at radius 1 is 1.00 bits per heavy atom. The number of halogens is 1. The van der Waals surface area contributed by atoms with Gasteiger partial charge in [-0.05, 0) is 75.0 Å². The van der Waals surface area contributed by atoms with E-state index in [0.717, 1.165) is 38.3 Å². The van der Waals surface area contributed by atoms with E-state index in [1.165, 1.54) is 18.6 Å². The van der Waals surface area contributed by atoms with Gasteiger partial charge in [0.1, 0.15) is 17.3 Å². The van der Waals surface area contributed by atoms with Crippen LogP contribution in [0.1, 0.15) is 12.8 Å². The lowest BCUT2D eigenvalue weighted by molar-refractivity contribution is 0.212. The fourth-order valence-corrected chi connectivity index (χ4v) is 4.05. The summed E-state index contributed by atoms with van der Waals surface area (Å²) in [5.74, 6) is 0.902. The molecule has 0 saturated carbocycles. The zero-order chi connectivity index (χ0) is 18.9. The van der Waals surface area contributed by atoms with Gasteiger partial charge in [0, 0.05) is 30.7 Å². The van der Waals surface area contributed by atoms with Crippen molar-refractivity contribution in [1.82, 2.24) is 9.80 Å². The van der Waals surface area contributed by atoms with Gasteiger partial charge >= 0.3 is 6.03 Å². The summed E-state index contributed by atoms with van der Waals surface area (Å²) in [6.45, 7) is 3.83. The van der Waals surface area contributed by atoms with E-state index in [4.69, 9.17) is 4.74 Å². The maximum Gasteiger partial charge on any atom is 0.321 e. The number of hydrogen-bond donors (Lipinski definition) is 1. The summed E-state index contributed by atoms with van der Waals surface area (Å²) in [4.78, 5) is 16.8. The Kier molecular flexibility index (Phi) is 4.74. The minimum Gasteiger partial charge on any atom is -0.457 e. The molecule has 4 rings (SSSR count). The monoisotopic (exact) mass is 369 g/mol. The van der Waals surface area contributed by atoms with Gasteiger partial charge < -0.3 is 19.9 Å². The lowest BCUT2D eigenvalue weighted by Crippen LogP contribution is -2.36. The number of nitrogens with zero attached hydrogens (tertiary/aromatic N) is 2. The molecule has 2 heterocycles. The number of anilines is 1. The van der Waals surface area contributed by atoms with Gasteiger partial charge in [-0.25, -0.2) is 9.18 Å². The van der Waals surface area contributed by atoms with Crippen LogP contribution >= 0.6 is 0 Å². The molecule has 6 heteroatoms. The molecule has 142 valence electrons. The minimum absolute atomic E-state index is 0.0476. The summed E-state index contributed by atoms with van der Waals surface area (Å²) >= 11 is 0. The van der Waals surface area contributed by atoms with E-state index in [-0.39, 0.29) is 17.3 Å². The molecule has 0 aliphatic carbocycles. The van der Waals surface area contributed by atoms with Crippen molar-refractivity contribution in [2.24, 2.45) is 5.41 Å². The number of nitrogens with one attached hydrogen (secondary N) is 1. The molecule has 2 saturated heterocycles. The van der Waals surface area contributed by atoms with E-state index in [2.05, 4.69) is 17.3 Å². The van der Waals surface area contributed by atoms with Crippen LogP contribution in [0.25, 0.3) is 0 Å². The van der Waals surface area contributed by atoms with Crippen molar-refractivity contribution >= 4 is 11.7 Å². The first kappa shape index (κ1) is 17.8. The van der Waals surface area contributed by atoms with Crippen LogP contribution in [0.2, 0.25) is 0 Å². The highest BCUT2D eigenvalue weighted by Crippen LogP contribution is 2.39. The number of carbonyl (C=O) groups excluding carboxylic acids is 1. The zero-order valence-electron chi connectivity index (χ0n) is 15.5. The molecule has 0 bridgehead atoms. The van der Waals surface area contributed by atoms with Crippen LogP contribution in [-0.2, 0) is 0 Å². The second-order valence-electron chi connectivity index (χ2n) is 7.67. The van der Waals surface area contributed by atoms with Gasteiger partial charge in [-0.1, -0.05) is 0 Å². The lowest BCUT2D eigenvalue weighted by Gasteiger charge is -2.24. The maximum absolute atomic E-state index is 12.9. The topological polar surface area (TPSA) is 44.8 Å². The molecule has 27 heavy (non-hydrogen) atoms. The highest BCUT2D eigenvalue weighted by atomic mass is 19.1. The van der Waals surface area contributed by atoms with Crippen molar-refractivity contribution in [1.29, 1.82) is 0 Å². The van der Waals surface area contributed by atoms with Gasteiger partial charge in [0.05, 0.1) is 0 Å². The second kappa shape index (κ2) is 7.19. The molecule has 2 fully saturated rings. The van der Waals surface area contributed by atoms with Crippen molar-refractivity contribution in [3.63, 3.8) is 0 Å². The van der Waals surface area contributed by atoms with Crippen molar-refractivity contribution in [3.05, 3.63) is 54.3 Å². The molecule has 2 aromatic rings. The first-order chi connectivity index (χ1) is 13.0. The van der Waals surface area contributed by atoms with Crippen LogP contribution in [0.5, 0.6) is 11.5 Å². The van der Waals surface area contributed by atoms with Crippen molar-refractivity contribution in [3.8, 4) is 11.5 Å². The van der Waals surface area contributed by atoms with Crippen molar-refractivity contribution < 1.29 is 13.9 Å². The molecular weight excluding hydrogens is 345 g/mol. The highest BCUT2D eigenvalue weighted by Gasteiger charge is 2.43. The van der Waals surface area contributed by atoms with Gasteiger partial charge in [0.15, 0.2) is 0 Å². The first-order valence-corrected chi connectivity index (χ1v) is 9.29. The number of ether oxygens (including phenoxy) is 1. The van der Waals surface area contributed by atoms with Gasteiger partial charge in [0.2, 0.25) is 0 Å². The molecule has 2 aromatic carbocycles. The number of likely N-dealkylation sites (tertiary alicyclic amines) is 2. The fourth-order valence-electron chi connectivity index (χ4n) is 4.05. The quantitative estimate of drug-likeness (QED) is 0.883. The van der Waals surface area contributed by atoms with Gasteiger partial charge in [-0.3, -0.25) is 0 Å². The van der Waals surface area contributed by atoms with Crippen molar-refractivity contribution in [2.75, 3.05) is 38.5 Å². The van der Waals surface area contributed by atoms with E-state index < -0.39 is 0 Å². The summed E-state index contributed by atoms with van der Waals surface area (Å²) in [7, 11) is 2.15. The predicted molar refractivity (Wildman–Crippen MR) is 103 cm³/mol. The maximum atomic E-state index is 12.9. The average Bonchev–Trinajstić information content (AvgIpc) is 3.24. The number of urea groups is 1. The number of rotatable bonds is 3. The van der Waals surface area contributed by atoms with Crippen LogP contribution in [0.4, 0.5) is 14.9 Å². The summed E-state index contributed by atoms with van der Waals surface area (Å²) in [5, 5.41) is 2.97. The first-order valence-electron chi connectivity index (χ1n) is 9.29. The summed E-state index contributed by atoms with van der Waals surface area (Å²) in [5.41, 5.74) is 1.01. The molecule has 0 unspecified atom stereocenters. The van der Waals surface area contributed by atoms with E-state index in [1.54, 1.807) is 24.3 Å². The predicted octanol–water partition coefficient (Wildman–Crippen LogP) is 4.18. The Bertz CT molecular complexity index is 809. The van der Waals surface area contributed by atoms with Crippen LogP contribution < -0.4 is 10.1 Å². The molecule has 1 spiro atoms. The molecular formula is C21H24FN3O2. The normalized spacial score (nSPS) is 22.4. The Balaban J connectivity index is 1.33. The third kappa shape index (κ3) is 4.06. The molecule has 2 aliphatic heterocycles. The third-order valence-electron chi connectivity index (χ3n) is 5.51. The Labute approximate surface area is 158 Å². The average molecular weight is 369 g/mol. The summed E-state index contributed by atoms with van der Waals surface area (Å²) < 4.78 is 18.6. The molecule has 0 radical (unpaired) electrons. The number of amides is 2. The number of hydrogen-bond acceptors (Lipinski definition) is 3. The Morgan fingerprint density at radius 3 is 2.26 bits per heavy atom. The van der Waals surface area contributed by atoms with Crippen LogP contribution in [0.15, 0.2) is 48.5 Å². The summed E-state index contributed by atoms with van der Waals surface area (Å²) in [6, 6.07) is 13.0. The summed E-state index contributed by atoms with van der Waals surface area (Å²) in [6.07, 6.45) is 2.25. The molecule has 1 atom stereocenters. The number of carbonyl (C=O) groups is 1.